The molecule has 6 aliphatic heterocycles. The Bertz CT molecular complexity index is 5360. The second kappa shape index (κ2) is 19.4. The van der Waals surface area contributed by atoms with Crippen molar-refractivity contribution < 1.29 is 0 Å². The third-order valence-corrected chi connectivity index (χ3v) is 25.8. The predicted octanol–water partition coefficient (Wildman–Crippen LogP) is 13.4. The third kappa shape index (κ3) is 7.07. The molecule has 0 saturated heterocycles. The van der Waals surface area contributed by atoms with Crippen LogP contribution in [0.1, 0.15) is 0 Å². The Morgan fingerprint density at radius 2 is 0.440 bits per heavy atom. The minimum Gasteiger partial charge on any atom is -0.376 e. The summed E-state index contributed by atoms with van der Waals surface area (Å²) in [7, 11) is -3.16. The summed E-state index contributed by atoms with van der Waals surface area (Å²) >= 11 is 0. The van der Waals surface area contributed by atoms with Crippen LogP contribution in [0.25, 0.3) is 77.9 Å². The zero-order chi connectivity index (χ0) is 59.5. The minimum atomic E-state index is -3.16. The first-order valence-electron chi connectivity index (χ1n) is 32.0. The van der Waals surface area contributed by atoms with Crippen molar-refractivity contribution in [3.05, 3.63) is 328 Å². The van der Waals surface area contributed by atoms with Crippen LogP contribution in [0.4, 0.5) is 34.1 Å². The van der Waals surface area contributed by atoms with Gasteiger partial charge in [-0.15, -0.1) is 0 Å². The molecule has 7 heteroatoms. The molecule has 20 rings (SSSR count). The average molecular weight is 1170 g/mol. The zero-order valence-electron chi connectivity index (χ0n) is 49.8. The van der Waals surface area contributed by atoms with Gasteiger partial charge in [-0.05, 0) is 147 Å². The van der Waals surface area contributed by atoms with Gasteiger partial charge in [-0.25, -0.2) is 0 Å². The number of fused-ring (bicyclic) bond motifs is 33. The summed E-state index contributed by atoms with van der Waals surface area (Å²) < 4.78 is 0. The van der Waals surface area contributed by atoms with Crippen LogP contribution in [0.15, 0.2) is 328 Å². The van der Waals surface area contributed by atoms with Crippen LogP contribution in [0, 0.1) is 0 Å². The third-order valence-electron chi connectivity index (χ3n) is 21.0. The van der Waals surface area contributed by atoms with Crippen molar-refractivity contribution in [3.8, 4) is 77.9 Å². The number of rotatable bonds is 5. The largest absolute Gasteiger partial charge is 0.376 e. The van der Waals surface area contributed by atoms with E-state index in [0.717, 1.165) is 0 Å². The maximum absolute atomic E-state index is 3.16. The van der Waals surface area contributed by atoms with Crippen molar-refractivity contribution in [3.63, 3.8) is 0 Å². The van der Waals surface area contributed by atoms with Crippen LogP contribution in [-0.2, 0) is 0 Å². The Hall–Kier alpha value is -11.1. The number of hydrogen-bond donors (Lipinski definition) is 0. The topological polar surface area (TPSA) is 9.72 Å². The molecule has 91 heavy (non-hydrogen) atoms. The molecule has 0 saturated carbocycles. The standard InChI is InChI=1S/C84H54B3N3Si/c1-3-23-57(24-4-1)91(58-25-5-2-6-26-58,60-46-50-84-72(54-60)64-30-10-18-38-76(64)86-74-36-16-8-28-62(74)66-32-12-20-40-80(66)90(84)86)59-45-48-78-70(53-59)68-34-14-22-42-82(68)88-81-41-21-13-33-67(81)69-51-55(43-47-77(69)87(78)88)56-44-49-83-71(52-56)63-29-9-17-37-75(63)85-73-35-15-7-27-61(73)65-31-11-19-39-79(65)89(83)85/h1-54H. The Morgan fingerprint density at radius 3 is 0.879 bits per heavy atom. The van der Waals surface area contributed by atoms with Crippen molar-refractivity contribution >= 4 is 116 Å². The summed E-state index contributed by atoms with van der Waals surface area (Å²) in [5, 5.41) is 5.42. The molecule has 0 unspecified atom stereocenters. The smallest absolute Gasteiger partial charge is 0.329 e. The first-order valence-corrected chi connectivity index (χ1v) is 34.0. The lowest BCUT2D eigenvalue weighted by molar-refractivity contribution is 1.34. The fraction of sp³-hybridized carbons (Fsp3) is 0. The number of anilines is 6. The van der Waals surface area contributed by atoms with Gasteiger partial charge in [0, 0.05) is 67.5 Å². The van der Waals surface area contributed by atoms with E-state index in [1.165, 1.54) is 166 Å². The summed E-state index contributed by atoms with van der Waals surface area (Å²) in [6, 6.07) is 125. The number of benzene rings is 14. The van der Waals surface area contributed by atoms with E-state index in [2.05, 4.69) is 342 Å². The van der Waals surface area contributed by atoms with Gasteiger partial charge in [0.15, 0.2) is 8.07 Å². The van der Waals surface area contributed by atoms with E-state index >= 15 is 0 Å². The van der Waals surface area contributed by atoms with Gasteiger partial charge < -0.3 is 14.4 Å². The lowest BCUT2D eigenvalue weighted by Gasteiger charge is -2.45. The summed E-state index contributed by atoms with van der Waals surface area (Å²) in [4.78, 5) is 7.87. The Morgan fingerprint density at radius 1 is 0.176 bits per heavy atom. The average Bonchev–Trinajstić information content (AvgIpc) is 1.16. The summed E-state index contributed by atoms with van der Waals surface area (Å²) in [5.41, 5.74) is 33.2. The van der Waals surface area contributed by atoms with Crippen LogP contribution >= 0.6 is 0 Å². The molecule has 0 radical (unpaired) electrons. The van der Waals surface area contributed by atoms with Gasteiger partial charge in [-0.3, -0.25) is 0 Å². The molecular weight excluding hydrogens is 1110 g/mol. The molecule has 418 valence electrons. The fourth-order valence-electron chi connectivity index (χ4n) is 17.3. The van der Waals surface area contributed by atoms with Crippen LogP contribution < -0.4 is 68.0 Å². The highest BCUT2D eigenvalue weighted by atomic mass is 28.3. The highest BCUT2D eigenvalue weighted by Crippen LogP contribution is 2.50. The zero-order valence-corrected chi connectivity index (χ0v) is 50.8. The molecule has 0 aromatic heterocycles. The molecule has 0 bridgehead atoms. The first-order chi connectivity index (χ1) is 45.2. The van der Waals surface area contributed by atoms with Gasteiger partial charge in [0.2, 0.25) is 0 Å². The van der Waals surface area contributed by atoms with Crippen LogP contribution in [-0.4, -0.2) is 28.6 Å². The lowest BCUT2D eigenvalue weighted by Crippen LogP contribution is -2.75. The minimum absolute atomic E-state index is 0.0400. The molecule has 0 spiro atoms. The maximum Gasteiger partial charge on any atom is 0.329 e. The Balaban J connectivity index is 0.763. The van der Waals surface area contributed by atoms with Gasteiger partial charge in [0.25, 0.3) is 0 Å². The predicted molar refractivity (Wildman–Crippen MR) is 389 cm³/mol. The summed E-state index contributed by atoms with van der Waals surface area (Å²) in [6.07, 6.45) is 0. The molecule has 0 fully saturated rings. The normalized spacial score (nSPS) is 13.6. The van der Waals surface area contributed by atoms with Crippen molar-refractivity contribution in [1.82, 2.24) is 0 Å². The Labute approximate surface area is 532 Å². The van der Waals surface area contributed by atoms with E-state index in [1.807, 2.05) is 0 Å². The summed E-state index contributed by atoms with van der Waals surface area (Å²) in [5.74, 6) is 0. The van der Waals surface area contributed by atoms with Crippen LogP contribution in [0.3, 0.4) is 0 Å². The van der Waals surface area contributed by atoms with E-state index in [-0.39, 0.29) is 20.5 Å². The molecule has 6 heterocycles. The Kier molecular flexibility index (Phi) is 10.9. The van der Waals surface area contributed by atoms with E-state index < -0.39 is 8.07 Å². The van der Waals surface area contributed by atoms with Gasteiger partial charge in [0.05, 0.1) is 0 Å². The van der Waals surface area contributed by atoms with Gasteiger partial charge in [0.1, 0.15) is 0 Å². The molecule has 14 aromatic carbocycles. The first kappa shape index (κ1) is 50.8. The highest BCUT2D eigenvalue weighted by molar-refractivity contribution is 7.20. The SMILES string of the molecule is c1ccc([Si](c2ccccc2)(c2ccc3c(c2)-c2ccccc2N2B3c3ccc(-c4ccc5c(c4)-c4ccccc4B4c6ccccc6-c6ccccc6N45)cc3-c3ccccc32)c2ccc3c(c2)-c2ccccc2B2c4ccccc4-c4ccccc4N23)cc1. The quantitative estimate of drug-likeness (QED) is 0.126. The molecule has 0 aliphatic carbocycles. The van der Waals surface area contributed by atoms with E-state index in [4.69, 9.17) is 0 Å². The molecule has 14 aromatic rings. The molecular formula is C84H54B3N3Si. The summed E-state index contributed by atoms with van der Waals surface area (Å²) in [6.45, 7) is 0.0307. The second-order valence-corrected chi connectivity index (χ2v) is 29.1. The van der Waals surface area contributed by atoms with E-state index in [0.29, 0.717) is 0 Å². The van der Waals surface area contributed by atoms with Gasteiger partial charge in [-0.2, -0.15) is 0 Å². The van der Waals surface area contributed by atoms with Gasteiger partial charge in [-0.1, -0.05) is 279 Å². The number of para-hydroxylation sites is 4. The van der Waals surface area contributed by atoms with E-state index in [1.54, 1.807) is 0 Å². The van der Waals surface area contributed by atoms with Crippen molar-refractivity contribution in [2.45, 2.75) is 0 Å². The maximum atomic E-state index is 2.64. The van der Waals surface area contributed by atoms with Gasteiger partial charge >= 0.3 is 20.5 Å². The van der Waals surface area contributed by atoms with Crippen molar-refractivity contribution in [2.75, 3.05) is 14.4 Å². The van der Waals surface area contributed by atoms with Crippen LogP contribution in [0.5, 0.6) is 0 Å². The fourth-order valence-corrected chi connectivity index (χ4v) is 22.1. The lowest BCUT2D eigenvalue weighted by atomic mass is 9.43. The molecule has 0 N–H and O–H groups in total. The van der Waals surface area contributed by atoms with Crippen molar-refractivity contribution in [2.24, 2.45) is 0 Å². The van der Waals surface area contributed by atoms with Crippen LogP contribution in [0.2, 0.25) is 0 Å². The molecule has 0 atom stereocenters. The molecule has 0 amide bonds. The second-order valence-electron chi connectivity index (χ2n) is 25.3. The monoisotopic (exact) mass is 1170 g/mol. The number of nitrogens with zero attached hydrogens (tertiary/aromatic N) is 3. The van der Waals surface area contributed by atoms with Crippen molar-refractivity contribution in [1.29, 1.82) is 0 Å². The highest BCUT2D eigenvalue weighted by Gasteiger charge is 2.49. The molecule has 3 nitrogen and oxygen atoms in total. The number of hydrogen-bond acceptors (Lipinski definition) is 3. The van der Waals surface area contributed by atoms with E-state index in [9.17, 15) is 0 Å². The molecule has 6 aliphatic rings.